The fraction of sp³-hybridized carbons (Fsp3) is 0.615. The van der Waals surface area contributed by atoms with Crippen molar-refractivity contribution >= 4 is 17.2 Å². The van der Waals surface area contributed by atoms with Gasteiger partial charge in [0.15, 0.2) is 0 Å². The van der Waals surface area contributed by atoms with Crippen molar-refractivity contribution in [3.63, 3.8) is 0 Å². The lowest BCUT2D eigenvalue weighted by atomic mass is 10.1. The van der Waals surface area contributed by atoms with Crippen LogP contribution in [-0.2, 0) is 4.79 Å². The van der Waals surface area contributed by atoms with E-state index in [4.69, 9.17) is 5.73 Å². The van der Waals surface area contributed by atoms with Crippen LogP contribution >= 0.6 is 11.3 Å². The van der Waals surface area contributed by atoms with Gasteiger partial charge in [0, 0.05) is 6.54 Å². The van der Waals surface area contributed by atoms with E-state index in [-0.39, 0.29) is 18.0 Å². The van der Waals surface area contributed by atoms with E-state index in [1.165, 1.54) is 5.56 Å². The van der Waals surface area contributed by atoms with Crippen molar-refractivity contribution in [2.24, 2.45) is 5.73 Å². The Morgan fingerprint density at radius 2 is 2.53 bits per heavy atom. The average Bonchev–Trinajstić information content (AvgIpc) is 2.98. The molecule has 1 aliphatic heterocycles. The van der Waals surface area contributed by atoms with Crippen LogP contribution < -0.4 is 5.73 Å². The Labute approximate surface area is 107 Å². The van der Waals surface area contributed by atoms with Gasteiger partial charge in [0.25, 0.3) is 0 Å². The van der Waals surface area contributed by atoms with Gasteiger partial charge in [0.05, 0.1) is 12.1 Å². The molecule has 2 N–H and O–H groups in total. The van der Waals surface area contributed by atoms with Crippen LogP contribution in [0.5, 0.6) is 0 Å². The summed E-state index contributed by atoms with van der Waals surface area (Å²) < 4.78 is 0. The second-order valence-corrected chi connectivity index (χ2v) is 5.42. The molecule has 0 aliphatic carbocycles. The van der Waals surface area contributed by atoms with Gasteiger partial charge < -0.3 is 10.6 Å². The van der Waals surface area contributed by atoms with E-state index in [0.29, 0.717) is 0 Å². The number of nitrogens with two attached hydrogens (primary N) is 1. The molecule has 1 amide bonds. The number of carbonyl (C=O) groups is 1. The summed E-state index contributed by atoms with van der Waals surface area (Å²) in [6.45, 7) is 2.92. The summed E-state index contributed by atoms with van der Waals surface area (Å²) in [6.07, 6.45) is 3.90. The maximum absolute atomic E-state index is 12.2. The molecule has 1 saturated heterocycles. The molecule has 3 nitrogen and oxygen atoms in total. The van der Waals surface area contributed by atoms with Crippen molar-refractivity contribution < 1.29 is 4.79 Å². The van der Waals surface area contributed by atoms with E-state index < -0.39 is 0 Å². The highest BCUT2D eigenvalue weighted by Gasteiger charge is 2.32. The molecule has 2 heterocycles. The molecule has 0 saturated carbocycles. The first-order valence-electron chi connectivity index (χ1n) is 6.32. The van der Waals surface area contributed by atoms with Crippen molar-refractivity contribution in [1.29, 1.82) is 0 Å². The second kappa shape index (κ2) is 5.65. The van der Waals surface area contributed by atoms with Gasteiger partial charge in [-0.05, 0) is 41.7 Å². The molecule has 94 valence electrons. The maximum Gasteiger partial charge on any atom is 0.239 e. The summed E-state index contributed by atoms with van der Waals surface area (Å²) in [5, 5.41) is 4.21. The SMILES string of the molecule is CCCC(N)C(=O)N1CCCC1c1ccsc1. The lowest BCUT2D eigenvalue weighted by Crippen LogP contribution is -2.43. The van der Waals surface area contributed by atoms with Crippen molar-refractivity contribution in [1.82, 2.24) is 4.90 Å². The molecule has 1 aromatic rings. The van der Waals surface area contributed by atoms with Gasteiger partial charge in [0.2, 0.25) is 5.91 Å². The number of amides is 1. The topological polar surface area (TPSA) is 46.3 Å². The number of carbonyl (C=O) groups excluding carboxylic acids is 1. The summed E-state index contributed by atoms with van der Waals surface area (Å²) in [5.41, 5.74) is 7.20. The standard InChI is InChI=1S/C13H20N2OS/c1-2-4-11(14)13(16)15-7-3-5-12(15)10-6-8-17-9-10/h6,8-9,11-12H,2-5,7,14H2,1H3. The average molecular weight is 252 g/mol. The van der Waals surface area contributed by atoms with Gasteiger partial charge in [-0.25, -0.2) is 0 Å². The molecule has 2 unspecified atom stereocenters. The third-order valence-electron chi connectivity index (χ3n) is 3.38. The number of hydrogen-bond acceptors (Lipinski definition) is 3. The molecule has 17 heavy (non-hydrogen) atoms. The maximum atomic E-state index is 12.2. The first-order valence-corrected chi connectivity index (χ1v) is 7.26. The van der Waals surface area contributed by atoms with Crippen LogP contribution in [-0.4, -0.2) is 23.4 Å². The first-order chi connectivity index (χ1) is 8.24. The first kappa shape index (κ1) is 12.6. The quantitative estimate of drug-likeness (QED) is 0.895. The van der Waals surface area contributed by atoms with Gasteiger partial charge in [-0.2, -0.15) is 11.3 Å². The van der Waals surface area contributed by atoms with E-state index in [9.17, 15) is 4.79 Å². The van der Waals surface area contributed by atoms with E-state index in [2.05, 4.69) is 23.8 Å². The zero-order valence-electron chi connectivity index (χ0n) is 10.3. The molecule has 2 rings (SSSR count). The number of thiophene rings is 1. The molecule has 0 radical (unpaired) electrons. The van der Waals surface area contributed by atoms with Crippen LogP contribution in [0.25, 0.3) is 0 Å². The van der Waals surface area contributed by atoms with E-state index >= 15 is 0 Å². The Balaban J connectivity index is 2.07. The third kappa shape index (κ3) is 2.69. The van der Waals surface area contributed by atoms with Crippen LogP contribution in [0.4, 0.5) is 0 Å². The highest BCUT2D eigenvalue weighted by atomic mass is 32.1. The molecule has 1 fully saturated rings. The lowest BCUT2D eigenvalue weighted by molar-refractivity contribution is -0.133. The lowest BCUT2D eigenvalue weighted by Gasteiger charge is -2.27. The zero-order valence-corrected chi connectivity index (χ0v) is 11.1. The Hall–Kier alpha value is -0.870. The number of likely N-dealkylation sites (tertiary alicyclic amines) is 1. The Kier molecular flexibility index (Phi) is 4.18. The Morgan fingerprint density at radius 3 is 3.18 bits per heavy atom. The largest absolute Gasteiger partial charge is 0.334 e. The van der Waals surface area contributed by atoms with Gasteiger partial charge >= 0.3 is 0 Å². The Morgan fingerprint density at radius 1 is 1.71 bits per heavy atom. The van der Waals surface area contributed by atoms with Crippen LogP contribution in [0.15, 0.2) is 16.8 Å². The van der Waals surface area contributed by atoms with Crippen LogP contribution in [0, 0.1) is 0 Å². The highest BCUT2D eigenvalue weighted by molar-refractivity contribution is 7.07. The Bertz CT molecular complexity index is 364. The van der Waals surface area contributed by atoms with E-state index in [1.807, 2.05) is 4.90 Å². The van der Waals surface area contributed by atoms with Gasteiger partial charge in [-0.3, -0.25) is 4.79 Å². The summed E-state index contributed by atoms with van der Waals surface area (Å²) in [5.74, 6) is 0.126. The van der Waals surface area contributed by atoms with Crippen LogP contribution in [0.2, 0.25) is 0 Å². The number of hydrogen-bond donors (Lipinski definition) is 1. The molecular formula is C13H20N2OS. The number of nitrogens with zero attached hydrogens (tertiary/aromatic N) is 1. The normalized spacial score (nSPS) is 21.8. The summed E-state index contributed by atoms with van der Waals surface area (Å²) in [4.78, 5) is 14.2. The molecule has 4 heteroatoms. The van der Waals surface area contributed by atoms with E-state index in [0.717, 1.165) is 32.2 Å². The molecule has 0 aromatic carbocycles. The van der Waals surface area contributed by atoms with Crippen LogP contribution in [0.1, 0.15) is 44.2 Å². The fourth-order valence-corrected chi connectivity index (χ4v) is 3.20. The van der Waals surface area contributed by atoms with Crippen molar-refractivity contribution in [3.8, 4) is 0 Å². The zero-order chi connectivity index (χ0) is 12.3. The van der Waals surface area contributed by atoms with E-state index in [1.54, 1.807) is 11.3 Å². The molecule has 0 spiro atoms. The van der Waals surface area contributed by atoms with Gasteiger partial charge in [-0.1, -0.05) is 13.3 Å². The monoisotopic (exact) mass is 252 g/mol. The minimum atomic E-state index is -0.320. The van der Waals surface area contributed by atoms with Gasteiger partial charge in [-0.15, -0.1) is 0 Å². The fourth-order valence-electron chi connectivity index (χ4n) is 2.49. The summed E-state index contributed by atoms with van der Waals surface area (Å²) in [6, 6.07) is 2.06. The second-order valence-electron chi connectivity index (χ2n) is 4.64. The molecule has 1 aliphatic rings. The molecular weight excluding hydrogens is 232 g/mol. The third-order valence-corrected chi connectivity index (χ3v) is 4.08. The minimum Gasteiger partial charge on any atom is -0.334 e. The molecule has 0 bridgehead atoms. The highest BCUT2D eigenvalue weighted by Crippen LogP contribution is 2.33. The van der Waals surface area contributed by atoms with Crippen molar-refractivity contribution in [2.45, 2.75) is 44.7 Å². The predicted octanol–water partition coefficient (Wildman–Crippen LogP) is 2.54. The van der Waals surface area contributed by atoms with Crippen molar-refractivity contribution in [2.75, 3.05) is 6.54 Å². The minimum absolute atomic E-state index is 0.126. The molecule has 1 aromatic heterocycles. The van der Waals surface area contributed by atoms with Crippen molar-refractivity contribution in [3.05, 3.63) is 22.4 Å². The predicted molar refractivity (Wildman–Crippen MR) is 70.9 cm³/mol. The van der Waals surface area contributed by atoms with Crippen LogP contribution in [0.3, 0.4) is 0 Å². The summed E-state index contributed by atoms with van der Waals surface area (Å²) in [7, 11) is 0. The molecule has 2 atom stereocenters. The van der Waals surface area contributed by atoms with Gasteiger partial charge in [0.1, 0.15) is 0 Å². The summed E-state index contributed by atoms with van der Waals surface area (Å²) >= 11 is 1.69. The number of rotatable bonds is 4. The smallest absolute Gasteiger partial charge is 0.239 e.